The zero-order valence-electron chi connectivity index (χ0n) is 19.5. The number of ether oxygens (including phenoxy) is 1. The molecule has 0 amide bonds. The Morgan fingerprint density at radius 2 is 1.53 bits per heavy atom. The molecule has 0 aliphatic rings. The van der Waals surface area contributed by atoms with Crippen LogP contribution < -0.4 is 9.75 Å². The van der Waals surface area contributed by atoms with E-state index in [2.05, 4.69) is 71.9 Å². The molecular formula is C30H27N3O. The number of aromatic nitrogens is 1. The maximum atomic E-state index is 5.95. The second-order valence-electron chi connectivity index (χ2n) is 8.03. The average Bonchev–Trinajstić information content (AvgIpc) is 3.21. The second-order valence-corrected chi connectivity index (χ2v) is 8.03. The highest BCUT2D eigenvalue weighted by Crippen LogP contribution is 2.35. The summed E-state index contributed by atoms with van der Waals surface area (Å²) in [4.78, 5) is 0. The van der Waals surface area contributed by atoms with E-state index in [1.54, 1.807) is 0 Å². The molecule has 0 aliphatic heterocycles. The van der Waals surface area contributed by atoms with Crippen molar-refractivity contribution >= 4 is 39.9 Å². The summed E-state index contributed by atoms with van der Waals surface area (Å²) in [5, 5.41) is 8.74. The van der Waals surface area contributed by atoms with Gasteiger partial charge in [-0.05, 0) is 74.5 Å². The number of para-hydroxylation sites is 2. The maximum absolute atomic E-state index is 5.95. The van der Waals surface area contributed by atoms with Gasteiger partial charge in [-0.2, -0.15) is 5.10 Å². The molecule has 168 valence electrons. The van der Waals surface area contributed by atoms with Gasteiger partial charge >= 0.3 is 0 Å². The van der Waals surface area contributed by atoms with E-state index in [-0.39, 0.29) is 0 Å². The van der Waals surface area contributed by atoms with Gasteiger partial charge in [0.1, 0.15) is 11.5 Å². The fourth-order valence-electron chi connectivity index (χ4n) is 4.54. The van der Waals surface area contributed by atoms with Crippen molar-refractivity contribution in [2.75, 3.05) is 5.01 Å². The molecule has 0 aliphatic carbocycles. The molecule has 0 radical (unpaired) electrons. The monoisotopic (exact) mass is 445 g/mol. The number of anilines is 1. The molecule has 5 rings (SSSR count). The zero-order chi connectivity index (χ0) is 23.5. The number of allylic oxidation sites excluding steroid dienone is 1. The molecule has 4 nitrogen and oxygen atoms in total. The molecule has 0 atom stereocenters. The first-order valence-electron chi connectivity index (χ1n) is 11.5. The van der Waals surface area contributed by atoms with Crippen LogP contribution in [0.25, 0.3) is 27.5 Å². The molecule has 0 fully saturated rings. The molecule has 4 heteroatoms. The van der Waals surface area contributed by atoms with Crippen molar-refractivity contribution in [1.82, 2.24) is 4.57 Å². The summed E-state index contributed by atoms with van der Waals surface area (Å²) >= 11 is 0. The second kappa shape index (κ2) is 9.28. The van der Waals surface area contributed by atoms with Crippen molar-refractivity contribution in [1.29, 1.82) is 0 Å². The highest BCUT2D eigenvalue weighted by atomic mass is 16.5. The van der Waals surface area contributed by atoms with Crippen LogP contribution in [0.15, 0.2) is 108 Å². The van der Waals surface area contributed by atoms with Crippen LogP contribution in [0.5, 0.6) is 11.5 Å². The Balaban J connectivity index is 1.50. The lowest BCUT2D eigenvalue weighted by molar-refractivity contribution is 0.482. The molecule has 34 heavy (non-hydrogen) atoms. The first kappa shape index (κ1) is 21.5. The molecule has 1 heterocycles. The Hall–Kier alpha value is -4.31. The van der Waals surface area contributed by atoms with Crippen molar-refractivity contribution in [3.63, 3.8) is 0 Å². The number of hydrazone groups is 1. The van der Waals surface area contributed by atoms with Crippen LogP contribution in [0.1, 0.15) is 19.4 Å². The van der Waals surface area contributed by atoms with Crippen LogP contribution in [-0.2, 0) is 6.54 Å². The number of aryl methyl sites for hydroxylation is 1. The lowest BCUT2D eigenvalue weighted by Gasteiger charge is -2.22. The lowest BCUT2D eigenvalue weighted by Crippen LogP contribution is -2.14. The first-order valence-corrected chi connectivity index (χ1v) is 11.5. The lowest BCUT2D eigenvalue weighted by atomic mass is 10.1. The van der Waals surface area contributed by atoms with E-state index < -0.39 is 0 Å². The number of hydrogen-bond donors (Lipinski definition) is 0. The average molecular weight is 446 g/mol. The highest BCUT2D eigenvalue weighted by molar-refractivity contribution is 6.09. The van der Waals surface area contributed by atoms with Gasteiger partial charge in [-0.1, -0.05) is 42.5 Å². The molecule has 4 aromatic carbocycles. The molecular weight excluding hydrogens is 418 g/mol. The van der Waals surface area contributed by atoms with Crippen LogP contribution in [0.4, 0.5) is 5.69 Å². The van der Waals surface area contributed by atoms with Gasteiger partial charge in [-0.25, -0.2) is 5.01 Å². The van der Waals surface area contributed by atoms with Crippen LogP contribution in [0.2, 0.25) is 0 Å². The van der Waals surface area contributed by atoms with E-state index in [0.717, 1.165) is 35.0 Å². The minimum atomic E-state index is 0.789. The quantitative estimate of drug-likeness (QED) is 0.187. The maximum Gasteiger partial charge on any atom is 0.127 e. The van der Waals surface area contributed by atoms with Crippen LogP contribution >= 0.6 is 0 Å². The van der Waals surface area contributed by atoms with E-state index in [1.807, 2.05) is 66.5 Å². The fraction of sp³-hybridized carbons (Fsp3) is 0.100. The van der Waals surface area contributed by atoms with Crippen LogP contribution in [0.3, 0.4) is 0 Å². The first-order chi connectivity index (χ1) is 16.7. The zero-order valence-corrected chi connectivity index (χ0v) is 19.5. The van der Waals surface area contributed by atoms with E-state index in [0.29, 0.717) is 0 Å². The van der Waals surface area contributed by atoms with Gasteiger partial charge in [0, 0.05) is 40.6 Å². The molecule has 0 spiro atoms. The number of rotatable bonds is 7. The third-order valence-electron chi connectivity index (χ3n) is 6.09. The van der Waals surface area contributed by atoms with E-state index in [1.165, 1.54) is 21.8 Å². The molecule has 0 saturated heterocycles. The van der Waals surface area contributed by atoms with Crippen LogP contribution in [-0.4, -0.2) is 11.3 Å². The summed E-state index contributed by atoms with van der Waals surface area (Å²) in [5.41, 5.74) is 5.43. The number of nitrogens with zero attached hydrogens (tertiary/aromatic N) is 3. The normalized spacial score (nSPS) is 11.6. The predicted octanol–water partition coefficient (Wildman–Crippen LogP) is 8.09. The fourth-order valence-corrected chi connectivity index (χ4v) is 4.54. The molecule has 0 bridgehead atoms. The SMILES string of the molecule is C=NN(/C(=C\C)c1ccc(Oc2ccccc2)cc1)c1ccc2c(c1)c1ccccc1n2CC. The summed E-state index contributed by atoms with van der Waals surface area (Å²) in [5.74, 6) is 1.60. The van der Waals surface area contributed by atoms with Gasteiger partial charge in [0.2, 0.25) is 0 Å². The van der Waals surface area contributed by atoms with Gasteiger partial charge in [0.05, 0.1) is 11.4 Å². The summed E-state index contributed by atoms with van der Waals surface area (Å²) in [6.07, 6.45) is 2.06. The van der Waals surface area contributed by atoms with Crippen molar-refractivity contribution in [3.05, 3.63) is 109 Å². The van der Waals surface area contributed by atoms with E-state index >= 15 is 0 Å². The van der Waals surface area contributed by atoms with Crippen molar-refractivity contribution in [2.24, 2.45) is 5.10 Å². The minimum Gasteiger partial charge on any atom is -0.457 e. The standard InChI is InChI=1S/C30H27N3O/c1-4-28(22-15-18-25(19-16-22)34-24-11-7-6-8-12-24)33(31-3)23-17-20-30-27(21-23)26-13-9-10-14-29(26)32(30)5-2/h4,6-21H,3,5H2,1-2H3/b28-4-. The Morgan fingerprint density at radius 1 is 0.853 bits per heavy atom. The Bertz CT molecular complexity index is 1480. The van der Waals surface area contributed by atoms with E-state index in [4.69, 9.17) is 4.74 Å². The molecule has 0 N–H and O–H groups in total. The molecule has 5 aromatic rings. The Morgan fingerprint density at radius 3 is 2.24 bits per heavy atom. The summed E-state index contributed by atoms with van der Waals surface area (Å²) < 4.78 is 8.30. The van der Waals surface area contributed by atoms with E-state index in [9.17, 15) is 0 Å². The van der Waals surface area contributed by atoms with Gasteiger partial charge in [0.25, 0.3) is 0 Å². The third kappa shape index (κ3) is 3.84. The smallest absolute Gasteiger partial charge is 0.127 e. The predicted molar refractivity (Wildman–Crippen MR) is 144 cm³/mol. The summed E-state index contributed by atoms with van der Waals surface area (Å²) in [6.45, 7) is 8.99. The molecule has 0 unspecified atom stereocenters. The third-order valence-corrected chi connectivity index (χ3v) is 6.09. The number of fused-ring (bicyclic) bond motifs is 3. The summed E-state index contributed by atoms with van der Waals surface area (Å²) in [7, 11) is 0. The Kier molecular flexibility index (Phi) is 5.88. The van der Waals surface area contributed by atoms with Crippen molar-refractivity contribution < 1.29 is 4.74 Å². The number of benzene rings is 4. The van der Waals surface area contributed by atoms with Crippen molar-refractivity contribution in [2.45, 2.75) is 20.4 Å². The van der Waals surface area contributed by atoms with Crippen LogP contribution in [0, 0.1) is 0 Å². The number of hydrogen-bond acceptors (Lipinski definition) is 3. The largest absolute Gasteiger partial charge is 0.457 e. The van der Waals surface area contributed by atoms with Crippen molar-refractivity contribution in [3.8, 4) is 11.5 Å². The van der Waals surface area contributed by atoms with Gasteiger partial charge in [-0.15, -0.1) is 0 Å². The van der Waals surface area contributed by atoms with Gasteiger partial charge in [0.15, 0.2) is 0 Å². The highest BCUT2D eigenvalue weighted by Gasteiger charge is 2.16. The Labute approximate surface area is 200 Å². The van der Waals surface area contributed by atoms with Gasteiger partial charge < -0.3 is 9.30 Å². The topological polar surface area (TPSA) is 29.8 Å². The minimum absolute atomic E-state index is 0.789. The molecule has 0 saturated carbocycles. The summed E-state index contributed by atoms with van der Waals surface area (Å²) in [6, 6.07) is 32.9. The molecule has 1 aromatic heterocycles. The van der Waals surface area contributed by atoms with Gasteiger partial charge in [-0.3, -0.25) is 0 Å².